The zero-order valence-electron chi connectivity index (χ0n) is 42.8. The zero-order valence-corrected chi connectivity index (χ0v) is 42.8. The van der Waals surface area contributed by atoms with Crippen LogP contribution in [0.15, 0.2) is 36.5 Å². The fourth-order valence-corrected chi connectivity index (χ4v) is 8.12. The highest BCUT2D eigenvalue weighted by atomic mass is 16.6. The van der Waals surface area contributed by atoms with Gasteiger partial charge in [-0.2, -0.15) is 0 Å². The van der Waals surface area contributed by atoms with Crippen LogP contribution in [-0.2, 0) is 28.6 Å². The predicted molar refractivity (Wildman–Crippen MR) is 275 cm³/mol. The SMILES string of the molecule is CCCCC/C=C\CCCCCCCC(=O)OCC(COC(=O)CCCCCCCCC/C=C\C/C=C\CCCCCC)OC(=O)CCCCCCCCCCCCCCCCCC. The molecule has 0 aliphatic rings. The van der Waals surface area contributed by atoms with E-state index in [0.717, 1.165) is 77.0 Å². The summed E-state index contributed by atoms with van der Waals surface area (Å²) in [6.07, 6.45) is 62.7. The predicted octanol–water partition coefficient (Wildman–Crippen LogP) is 18.5. The van der Waals surface area contributed by atoms with Gasteiger partial charge in [-0.1, -0.05) is 237 Å². The van der Waals surface area contributed by atoms with E-state index in [1.165, 1.54) is 180 Å². The number of hydrogen-bond donors (Lipinski definition) is 0. The lowest BCUT2D eigenvalue weighted by molar-refractivity contribution is -0.167. The van der Waals surface area contributed by atoms with Crippen LogP contribution in [0.2, 0.25) is 0 Å². The molecule has 6 nitrogen and oxygen atoms in total. The van der Waals surface area contributed by atoms with Crippen molar-refractivity contribution in [3.63, 3.8) is 0 Å². The number of esters is 3. The summed E-state index contributed by atoms with van der Waals surface area (Å²) in [7, 11) is 0. The summed E-state index contributed by atoms with van der Waals surface area (Å²) in [5.74, 6) is -0.877. The summed E-state index contributed by atoms with van der Waals surface area (Å²) in [5, 5.41) is 0. The van der Waals surface area contributed by atoms with E-state index in [0.29, 0.717) is 19.3 Å². The van der Waals surface area contributed by atoms with Crippen molar-refractivity contribution in [1.82, 2.24) is 0 Å². The summed E-state index contributed by atoms with van der Waals surface area (Å²) in [6, 6.07) is 0. The topological polar surface area (TPSA) is 78.9 Å². The molecule has 0 bridgehead atoms. The Morgan fingerprint density at radius 3 is 0.922 bits per heavy atom. The molecule has 1 atom stereocenters. The Morgan fingerprint density at radius 2 is 0.562 bits per heavy atom. The smallest absolute Gasteiger partial charge is 0.306 e. The highest BCUT2D eigenvalue weighted by molar-refractivity contribution is 5.71. The third-order valence-electron chi connectivity index (χ3n) is 12.4. The second-order valence-electron chi connectivity index (χ2n) is 18.8. The number of carbonyl (C=O) groups is 3. The first kappa shape index (κ1) is 61.6. The molecule has 0 rings (SSSR count). The zero-order chi connectivity index (χ0) is 46.5. The summed E-state index contributed by atoms with van der Waals surface area (Å²) in [6.45, 7) is 6.62. The second kappa shape index (κ2) is 53.2. The molecule has 0 aromatic rings. The van der Waals surface area contributed by atoms with Gasteiger partial charge in [0.1, 0.15) is 13.2 Å². The molecule has 0 amide bonds. The quantitative estimate of drug-likeness (QED) is 0.0262. The Kier molecular flexibility index (Phi) is 51.3. The number of rotatable bonds is 51. The van der Waals surface area contributed by atoms with E-state index < -0.39 is 6.10 Å². The molecule has 0 saturated carbocycles. The first-order valence-corrected chi connectivity index (χ1v) is 28.0. The highest BCUT2D eigenvalue weighted by Gasteiger charge is 2.19. The molecular weight excluding hydrogens is 793 g/mol. The third-order valence-corrected chi connectivity index (χ3v) is 12.4. The summed E-state index contributed by atoms with van der Waals surface area (Å²) in [5.41, 5.74) is 0. The van der Waals surface area contributed by atoms with Crippen LogP contribution in [0.4, 0.5) is 0 Å². The molecule has 0 fully saturated rings. The number of carbonyl (C=O) groups excluding carboxylic acids is 3. The number of ether oxygens (including phenoxy) is 3. The van der Waals surface area contributed by atoms with Gasteiger partial charge in [-0.15, -0.1) is 0 Å². The lowest BCUT2D eigenvalue weighted by atomic mass is 10.0. The average Bonchev–Trinajstić information content (AvgIpc) is 3.29. The van der Waals surface area contributed by atoms with Crippen molar-refractivity contribution in [1.29, 1.82) is 0 Å². The maximum absolute atomic E-state index is 12.8. The molecular formula is C58H106O6. The van der Waals surface area contributed by atoms with Gasteiger partial charge in [-0.25, -0.2) is 0 Å². The average molecular weight is 899 g/mol. The molecule has 6 heteroatoms. The first-order valence-electron chi connectivity index (χ1n) is 28.0. The van der Waals surface area contributed by atoms with E-state index in [1.54, 1.807) is 0 Å². The number of unbranched alkanes of at least 4 members (excludes halogenated alkanes) is 34. The molecule has 0 N–H and O–H groups in total. The summed E-state index contributed by atoms with van der Waals surface area (Å²) in [4.78, 5) is 38.1. The Balaban J connectivity index is 4.34. The minimum atomic E-state index is -0.775. The van der Waals surface area contributed by atoms with E-state index in [2.05, 4.69) is 57.2 Å². The normalized spacial score (nSPS) is 12.2. The van der Waals surface area contributed by atoms with Crippen molar-refractivity contribution in [2.45, 2.75) is 303 Å². The maximum atomic E-state index is 12.8. The number of hydrogen-bond acceptors (Lipinski definition) is 6. The van der Waals surface area contributed by atoms with Crippen molar-refractivity contribution in [3.8, 4) is 0 Å². The van der Waals surface area contributed by atoms with Gasteiger partial charge < -0.3 is 14.2 Å². The van der Waals surface area contributed by atoms with Crippen LogP contribution in [0.25, 0.3) is 0 Å². The van der Waals surface area contributed by atoms with Gasteiger partial charge in [0, 0.05) is 19.3 Å². The summed E-state index contributed by atoms with van der Waals surface area (Å²) >= 11 is 0. The Morgan fingerprint density at radius 1 is 0.312 bits per heavy atom. The molecule has 0 radical (unpaired) electrons. The van der Waals surface area contributed by atoms with Gasteiger partial charge >= 0.3 is 17.9 Å². The molecule has 0 aliphatic carbocycles. The minimum absolute atomic E-state index is 0.0758. The van der Waals surface area contributed by atoms with Gasteiger partial charge in [0.25, 0.3) is 0 Å². The van der Waals surface area contributed by atoms with Crippen molar-refractivity contribution >= 4 is 17.9 Å². The molecule has 64 heavy (non-hydrogen) atoms. The molecule has 0 spiro atoms. The second-order valence-corrected chi connectivity index (χ2v) is 18.8. The first-order chi connectivity index (χ1) is 31.5. The largest absolute Gasteiger partial charge is 0.462 e. The lowest BCUT2D eigenvalue weighted by Crippen LogP contribution is -2.30. The van der Waals surface area contributed by atoms with Crippen LogP contribution in [0.5, 0.6) is 0 Å². The monoisotopic (exact) mass is 899 g/mol. The van der Waals surface area contributed by atoms with Crippen LogP contribution in [0.1, 0.15) is 297 Å². The van der Waals surface area contributed by atoms with Crippen LogP contribution in [0.3, 0.4) is 0 Å². The highest BCUT2D eigenvalue weighted by Crippen LogP contribution is 2.16. The van der Waals surface area contributed by atoms with Gasteiger partial charge in [0.2, 0.25) is 0 Å². The maximum Gasteiger partial charge on any atom is 0.306 e. The molecule has 1 unspecified atom stereocenters. The van der Waals surface area contributed by atoms with Crippen molar-refractivity contribution in [3.05, 3.63) is 36.5 Å². The lowest BCUT2D eigenvalue weighted by Gasteiger charge is -2.18. The molecule has 0 saturated heterocycles. The number of allylic oxidation sites excluding steroid dienone is 6. The molecule has 0 aromatic heterocycles. The Bertz CT molecular complexity index is 1080. The molecule has 0 heterocycles. The Labute approximate surface area is 397 Å². The minimum Gasteiger partial charge on any atom is -0.462 e. The van der Waals surface area contributed by atoms with Crippen molar-refractivity contribution < 1.29 is 28.6 Å². The van der Waals surface area contributed by atoms with E-state index in [-0.39, 0.29) is 31.1 Å². The van der Waals surface area contributed by atoms with E-state index in [9.17, 15) is 14.4 Å². The van der Waals surface area contributed by atoms with Crippen LogP contribution in [-0.4, -0.2) is 37.2 Å². The molecule has 0 aliphatic heterocycles. The Hall–Kier alpha value is -2.37. The van der Waals surface area contributed by atoms with E-state index in [1.807, 2.05) is 0 Å². The van der Waals surface area contributed by atoms with Crippen molar-refractivity contribution in [2.24, 2.45) is 0 Å². The molecule has 374 valence electrons. The van der Waals surface area contributed by atoms with E-state index >= 15 is 0 Å². The van der Waals surface area contributed by atoms with Crippen molar-refractivity contribution in [2.75, 3.05) is 13.2 Å². The third kappa shape index (κ3) is 50.6. The fourth-order valence-electron chi connectivity index (χ4n) is 8.12. The fraction of sp³-hybridized carbons (Fsp3) is 0.845. The van der Waals surface area contributed by atoms with Gasteiger partial charge in [0.15, 0.2) is 6.10 Å². The van der Waals surface area contributed by atoms with Crippen LogP contribution >= 0.6 is 0 Å². The van der Waals surface area contributed by atoms with Gasteiger partial charge in [-0.05, 0) is 77.0 Å². The van der Waals surface area contributed by atoms with Crippen LogP contribution < -0.4 is 0 Å². The van der Waals surface area contributed by atoms with Crippen LogP contribution in [0, 0.1) is 0 Å². The summed E-state index contributed by atoms with van der Waals surface area (Å²) < 4.78 is 16.8. The van der Waals surface area contributed by atoms with Gasteiger partial charge in [0.05, 0.1) is 0 Å². The van der Waals surface area contributed by atoms with E-state index in [4.69, 9.17) is 14.2 Å². The standard InChI is InChI=1S/C58H106O6/c1-4-7-10-13-16-19-22-25-27-29-30-32-33-36-39-42-45-48-51-57(60)63-54-55(53-62-56(59)50-47-44-41-38-35-24-21-18-15-12-9-6-3)64-58(61)52-49-46-43-40-37-34-31-28-26-23-20-17-14-11-8-5-2/h18-19,21-22,27,29,55H,4-17,20,23-26,28,30-54H2,1-3H3/b21-18-,22-19-,29-27-. The molecule has 0 aromatic carbocycles. The van der Waals surface area contributed by atoms with Gasteiger partial charge in [-0.3, -0.25) is 14.4 Å².